The van der Waals surface area contributed by atoms with Crippen LogP contribution in [0.2, 0.25) is 5.02 Å². The Kier molecular flexibility index (Phi) is 2.73. The highest BCUT2D eigenvalue weighted by molar-refractivity contribution is 6.33. The van der Waals surface area contributed by atoms with Gasteiger partial charge >= 0.3 is 0 Å². The number of aromatic nitrogens is 1. The highest BCUT2D eigenvalue weighted by Crippen LogP contribution is 2.28. The molecule has 5 nitrogen and oxygen atoms in total. The average molecular weight is 228 g/mol. The molecule has 0 unspecified atom stereocenters. The van der Waals surface area contributed by atoms with Crippen molar-refractivity contribution in [3.63, 3.8) is 0 Å². The van der Waals surface area contributed by atoms with Crippen LogP contribution in [0.3, 0.4) is 0 Å². The minimum Gasteiger partial charge on any atom is -0.355 e. The molecule has 0 N–H and O–H groups in total. The Morgan fingerprint density at radius 2 is 2.13 bits per heavy atom. The molecular weight excluding hydrogens is 218 g/mol. The van der Waals surface area contributed by atoms with Crippen LogP contribution in [0.1, 0.15) is 12.8 Å². The van der Waals surface area contributed by atoms with Gasteiger partial charge in [0.05, 0.1) is 9.95 Å². The second-order valence-corrected chi connectivity index (χ2v) is 3.86. The smallest absolute Gasteiger partial charge is 0.289 e. The summed E-state index contributed by atoms with van der Waals surface area (Å²) in [5.74, 6) is 0.653. The summed E-state index contributed by atoms with van der Waals surface area (Å²) in [4.78, 5) is 16.1. The van der Waals surface area contributed by atoms with E-state index in [0.29, 0.717) is 10.8 Å². The van der Waals surface area contributed by atoms with Gasteiger partial charge in [-0.05, 0) is 12.8 Å². The summed E-state index contributed by atoms with van der Waals surface area (Å²) in [7, 11) is 0. The van der Waals surface area contributed by atoms with Crippen LogP contribution >= 0.6 is 11.6 Å². The molecule has 1 aromatic heterocycles. The van der Waals surface area contributed by atoms with Crippen molar-refractivity contribution in [1.82, 2.24) is 4.98 Å². The molecule has 1 saturated heterocycles. The highest BCUT2D eigenvalue weighted by Gasteiger charge is 2.18. The molecule has 0 aliphatic carbocycles. The van der Waals surface area contributed by atoms with Crippen LogP contribution in [0.5, 0.6) is 0 Å². The third-order valence-electron chi connectivity index (χ3n) is 2.42. The van der Waals surface area contributed by atoms with E-state index in [4.69, 9.17) is 11.6 Å². The second kappa shape index (κ2) is 4.02. The van der Waals surface area contributed by atoms with Crippen LogP contribution < -0.4 is 4.90 Å². The van der Waals surface area contributed by atoms with Crippen molar-refractivity contribution >= 4 is 23.1 Å². The molecule has 0 amide bonds. The van der Waals surface area contributed by atoms with Crippen molar-refractivity contribution in [3.8, 4) is 0 Å². The van der Waals surface area contributed by atoms with Crippen LogP contribution in [0, 0.1) is 10.1 Å². The molecule has 1 aliphatic heterocycles. The van der Waals surface area contributed by atoms with Crippen molar-refractivity contribution in [1.29, 1.82) is 0 Å². The standard InChI is InChI=1S/C9H10ClN3O2/c10-8-5-7(13(14)15)6-11-9(8)12-3-1-2-4-12/h5-6H,1-4H2. The fourth-order valence-corrected chi connectivity index (χ4v) is 1.96. The Morgan fingerprint density at radius 1 is 1.47 bits per heavy atom. The van der Waals surface area contributed by atoms with E-state index in [9.17, 15) is 10.1 Å². The van der Waals surface area contributed by atoms with Gasteiger partial charge in [-0.3, -0.25) is 10.1 Å². The van der Waals surface area contributed by atoms with Crippen LogP contribution in [0.4, 0.5) is 11.5 Å². The molecule has 0 radical (unpaired) electrons. The van der Waals surface area contributed by atoms with Gasteiger partial charge in [-0.1, -0.05) is 11.6 Å². The minimum atomic E-state index is -0.493. The number of nitro groups is 1. The number of hydrogen-bond donors (Lipinski definition) is 0. The Balaban J connectivity index is 2.29. The molecule has 0 atom stereocenters. The molecule has 15 heavy (non-hydrogen) atoms. The monoisotopic (exact) mass is 227 g/mol. The Hall–Kier alpha value is -1.36. The topological polar surface area (TPSA) is 59.3 Å². The van der Waals surface area contributed by atoms with E-state index in [1.807, 2.05) is 4.90 Å². The second-order valence-electron chi connectivity index (χ2n) is 3.45. The summed E-state index contributed by atoms with van der Waals surface area (Å²) in [5, 5.41) is 10.8. The zero-order chi connectivity index (χ0) is 10.8. The highest BCUT2D eigenvalue weighted by atomic mass is 35.5. The van der Waals surface area contributed by atoms with Gasteiger partial charge < -0.3 is 4.90 Å². The normalized spacial score (nSPS) is 15.7. The summed E-state index contributed by atoms with van der Waals surface area (Å²) < 4.78 is 0. The number of anilines is 1. The van der Waals surface area contributed by atoms with E-state index in [1.54, 1.807) is 0 Å². The Labute approximate surface area is 91.8 Å². The first-order chi connectivity index (χ1) is 7.18. The predicted octanol–water partition coefficient (Wildman–Crippen LogP) is 2.24. The first-order valence-electron chi connectivity index (χ1n) is 4.73. The Morgan fingerprint density at radius 3 is 2.67 bits per heavy atom. The van der Waals surface area contributed by atoms with E-state index in [2.05, 4.69) is 4.98 Å². The van der Waals surface area contributed by atoms with Crippen LogP contribution in [0.15, 0.2) is 12.3 Å². The molecule has 2 heterocycles. The summed E-state index contributed by atoms with van der Waals surface area (Å²) in [6.07, 6.45) is 3.49. The minimum absolute atomic E-state index is 0.0667. The number of halogens is 1. The first kappa shape index (κ1) is 10.2. The summed E-state index contributed by atoms with van der Waals surface area (Å²) in [6, 6.07) is 1.35. The SMILES string of the molecule is O=[N+]([O-])c1cnc(N2CCCC2)c(Cl)c1. The molecular formula is C9H10ClN3O2. The molecule has 1 fully saturated rings. The molecule has 0 bridgehead atoms. The van der Waals surface area contributed by atoms with Gasteiger partial charge in [0.2, 0.25) is 0 Å². The number of hydrogen-bond acceptors (Lipinski definition) is 4. The summed E-state index contributed by atoms with van der Waals surface area (Å²) >= 11 is 5.94. The lowest BCUT2D eigenvalue weighted by molar-refractivity contribution is -0.385. The maximum Gasteiger partial charge on any atom is 0.289 e. The fourth-order valence-electron chi connectivity index (χ4n) is 1.68. The maximum atomic E-state index is 10.5. The summed E-state index contributed by atoms with van der Waals surface area (Å²) in [5.41, 5.74) is -0.0667. The molecule has 0 aromatic carbocycles. The third-order valence-corrected chi connectivity index (χ3v) is 2.70. The van der Waals surface area contributed by atoms with Crippen LogP contribution in [-0.4, -0.2) is 23.0 Å². The average Bonchev–Trinajstić information content (AvgIpc) is 2.70. The number of rotatable bonds is 2. The van der Waals surface area contributed by atoms with E-state index >= 15 is 0 Å². The fraction of sp³-hybridized carbons (Fsp3) is 0.444. The molecule has 2 rings (SSSR count). The summed E-state index contributed by atoms with van der Waals surface area (Å²) in [6.45, 7) is 1.84. The Bertz CT molecular complexity index is 391. The van der Waals surface area contributed by atoms with E-state index in [-0.39, 0.29) is 5.69 Å². The number of nitrogens with zero attached hydrogens (tertiary/aromatic N) is 3. The first-order valence-corrected chi connectivity index (χ1v) is 5.11. The lowest BCUT2D eigenvalue weighted by Crippen LogP contribution is -2.19. The van der Waals surface area contributed by atoms with Crippen LogP contribution in [0.25, 0.3) is 0 Å². The van der Waals surface area contributed by atoms with Gasteiger partial charge in [-0.2, -0.15) is 0 Å². The quantitative estimate of drug-likeness (QED) is 0.574. The van der Waals surface area contributed by atoms with Crippen molar-refractivity contribution in [2.75, 3.05) is 18.0 Å². The molecule has 0 saturated carbocycles. The van der Waals surface area contributed by atoms with E-state index in [0.717, 1.165) is 25.9 Å². The number of pyridine rings is 1. The largest absolute Gasteiger partial charge is 0.355 e. The zero-order valence-corrected chi connectivity index (χ0v) is 8.78. The van der Waals surface area contributed by atoms with Crippen molar-refractivity contribution in [3.05, 3.63) is 27.4 Å². The van der Waals surface area contributed by atoms with Crippen molar-refractivity contribution < 1.29 is 4.92 Å². The third kappa shape index (κ3) is 2.02. The predicted molar refractivity (Wildman–Crippen MR) is 57.3 cm³/mol. The molecule has 1 aliphatic rings. The molecule has 1 aromatic rings. The lowest BCUT2D eigenvalue weighted by Gasteiger charge is -2.16. The van der Waals surface area contributed by atoms with Gasteiger partial charge in [-0.25, -0.2) is 4.98 Å². The molecule has 6 heteroatoms. The zero-order valence-electron chi connectivity index (χ0n) is 8.02. The van der Waals surface area contributed by atoms with Crippen LogP contribution in [-0.2, 0) is 0 Å². The molecule has 80 valence electrons. The van der Waals surface area contributed by atoms with Gasteiger partial charge in [0.25, 0.3) is 5.69 Å². The van der Waals surface area contributed by atoms with Gasteiger partial charge in [-0.15, -0.1) is 0 Å². The lowest BCUT2D eigenvalue weighted by atomic mass is 10.4. The van der Waals surface area contributed by atoms with Gasteiger partial charge in [0.1, 0.15) is 12.0 Å². The van der Waals surface area contributed by atoms with Crippen molar-refractivity contribution in [2.24, 2.45) is 0 Å². The maximum absolute atomic E-state index is 10.5. The van der Waals surface area contributed by atoms with Gasteiger partial charge in [0, 0.05) is 19.2 Å². The van der Waals surface area contributed by atoms with E-state index < -0.39 is 4.92 Å². The molecule has 0 spiro atoms. The van der Waals surface area contributed by atoms with E-state index in [1.165, 1.54) is 12.3 Å². The van der Waals surface area contributed by atoms with Crippen molar-refractivity contribution in [2.45, 2.75) is 12.8 Å². The van der Waals surface area contributed by atoms with Gasteiger partial charge in [0.15, 0.2) is 0 Å².